The molecular formula is C19H15F3N4O4S. The van der Waals surface area contributed by atoms with Crippen LogP contribution in [0.3, 0.4) is 0 Å². The summed E-state index contributed by atoms with van der Waals surface area (Å²) in [7, 11) is -4.65. The van der Waals surface area contributed by atoms with E-state index in [0.717, 1.165) is 12.1 Å². The Morgan fingerprint density at radius 2 is 1.94 bits per heavy atom. The van der Waals surface area contributed by atoms with Gasteiger partial charge < -0.3 is 5.32 Å². The van der Waals surface area contributed by atoms with Crippen LogP contribution < -0.4 is 14.9 Å². The number of alkyl halides is 3. The summed E-state index contributed by atoms with van der Waals surface area (Å²) in [6.07, 6.45) is -4.95. The van der Waals surface area contributed by atoms with E-state index < -0.39 is 38.1 Å². The molecule has 0 saturated carbocycles. The van der Waals surface area contributed by atoms with Crippen molar-refractivity contribution in [2.75, 3.05) is 18.0 Å². The Morgan fingerprint density at radius 3 is 2.48 bits per heavy atom. The van der Waals surface area contributed by atoms with E-state index >= 15 is 0 Å². The largest absolute Gasteiger partial charge is 0.417 e. The van der Waals surface area contributed by atoms with Gasteiger partial charge >= 0.3 is 12.2 Å². The number of benzene rings is 2. The van der Waals surface area contributed by atoms with Crippen LogP contribution in [0.15, 0.2) is 41.3 Å². The third-order valence-corrected chi connectivity index (χ3v) is 5.89. The van der Waals surface area contributed by atoms with Gasteiger partial charge in [0.15, 0.2) is 0 Å². The van der Waals surface area contributed by atoms with Crippen molar-refractivity contribution in [1.29, 1.82) is 5.26 Å². The second-order valence-electron chi connectivity index (χ2n) is 6.64. The lowest BCUT2D eigenvalue weighted by atomic mass is 10.1. The van der Waals surface area contributed by atoms with E-state index in [9.17, 15) is 31.2 Å². The van der Waals surface area contributed by atoms with Crippen LogP contribution in [0.4, 0.5) is 23.7 Å². The van der Waals surface area contributed by atoms with Crippen molar-refractivity contribution in [3.05, 3.63) is 58.7 Å². The Labute approximate surface area is 175 Å². The standard InChI is InChI=1S/C19H15F3N4O4S/c1-11-8-12(3-5-16(11)26-7-6-24-18(26)28)17(27)25-31(29,30)14-4-2-13(10-23)15(9-14)19(20,21)22/h2-5,8-9H,6-7H2,1H3,(H,24,28)(H,25,27). The number of carbonyl (C=O) groups excluding carboxylic acids is 2. The molecule has 2 N–H and O–H groups in total. The van der Waals surface area contributed by atoms with Crippen LogP contribution in [0.2, 0.25) is 0 Å². The summed E-state index contributed by atoms with van der Waals surface area (Å²) in [5.41, 5.74) is -1.16. The molecule has 162 valence electrons. The normalized spacial score (nSPS) is 14.2. The lowest BCUT2D eigenvalue weighted by Crippen LogP contribution is -2.31. The zero-order chi connectivity index (χ0) is 23.0. The van der Waals surface area contributed by atoms with Gasteiger partial charge in [0.1, 0.15) is 0 Å². The van der Waals surface area contributed by atoms with E-state index in [4.69, 9.17) is 5.26 Å². The van der Waals surface area contributed by atoms with Crippen molar-refractivity contribution in [2.45, 2.75) is 18.0 Å². The molecule has 0 spiro atoms. The minimum Gasteiger partial charge on any atom is -0.336 e. The third kappa shape index (κ3) is 4.46. The first-order valence-corrected chi connectivity index (χ1v) is 10.3. The predicted octanol–water partition coefficient (Wildman–Crippen LogP) is 2.53. The van der Waals surface area contributed by atoms with Gasteiger partial charge in [-0.15, -0.1) is 0 Å². The van der Waals surface area contributed by atoms with Gasteiger partial charge in [-0.2, -0.15) is 18.4 Å². The van der Waals surface area contributed by atoms with Gasteiger partial charge in [0.2, 0.25) is 0 Å². The highest BCUT2D eigenvalue weighted by molar-refractivity contribution is 7.90. The van der Waals surface area contributed by atoms with Gasteiger partial charge in [0.05, 0.1) is 22.1 Å². The average Bonchev–Trinajstić information content (AvgIpc) is 3.12. The lowest BCUT2D eigenvalue weighted by Gasteiger charge is -2.17. The highest BCUT2D eigenvalue weighted by atomic mass is 32.2. The molecule has 1 fully saturated rings. The molecule has 1 heterocycles. The number of amides is 3. The molecular weight excluding hydrogens is 437 g/mol. The molecule has 1 aliphatic heterocycles. The van der Waals surface area contributed by atoms with Crippen molar-refractivity contribution in [3.63, 3.8) is 0 Å². The number of hydrogen-bond acceptors (Lipinski definition) is 5. The van der Waals surface area contributed by atoms with Gasteiger partial charge in [-0.25, -0.2) is 17.9 Å². The Balaban J connectivity index is 1.87. The van der Waals surface area contributed by atoms with E-state index in [2.05, 4.69) is 5.32 Å². The zero-order valence-electron chi connectivity index (χ0n) is 15.9. The summed E-state index contributed by atoms with van der Waals surface area (Å²) in [6, 6.07) is 7.03. The minimum atomic E-state index is -4.95. The monoisotopic (exact) mass is 452 g/mol. The zero-order valence-corrected chi connectivity index (χ0v) is 16.8. The van der Waals surface area contributed by atoms with Crippen LogP contribution in [0.25, 0.3) is 0 Å². The number of nitriles is 1. The molecule has 12 heteroatoms. The maximum Gasteiger partial charge on any atom is 0.417 e. The predicted molar refractivity (Wildman–Crippen MR) is 103 cm³/mol. The fraction of sp³-hybridized carbons (Fsp3) is 0.211. The second-order valence-corrected chi connectivity index (χ2v) is 8.32. The Hall–Kier alpha value is -3.59. The quantitative estimate of drug-likeness (QED) is 0.739. The van der Waals surface area contributed by atoms with Crippen LogP contribution in [-0.4, -0.2) is 33.4 Å². The fourth-order valence-corrected chi connectivity index (χ4v) is 4.06. The van der Waals surface area contributed by atoms with E-state index in [-0.39, 0.29) is 11.6 Å². The summed E-state index contributed by atoms with van der Waals surface area (Å²) in [5.74, 6) is -1.06. The number of urea groups is 1. The van der Waals surface area contributed by atoms with Gasteiger partial charge in [0.25, 0.3) is 15.9 Å². The first-order valence-electron chi connectivity index (χ1n) is 8.78. The third-order valence-electron chi connectivity index (χ3n) is 4.56. The van der Waals surface area contributed by atoms with Crippen molar-refractivity contribution >= 4 is 27.6 Å². The van der Waals surface area contributed by atoms with Crippen molar-refractivity contribution in [1.82, 2.24) is 10.0 Å². The number of nitrogens with one attached hydrogen (secondary N) is 2. The molecule has 0 atom stereocenters. The topological polar surface area (TPSA) is 119 Å². The number of rotatable bonds is 4. The van der Waals surface area contributed by atoms with E-state index in [1.165, 1.54) is 29.2 Å². The maximum absolute atomic E-state index is 13.1. The molecule has 1 saturated heterocycles. The molecule has 2 aromatic rings. The molecule has 0 aromatic heterocycles. The van der Waals surface area contributed by atoms with E-state index in [1.54, 1.807) is 11.6 Å². The summed E-state index contributed by atoms with van der Waals surface area (Å²) in [5, 5.41) is 11.4. The molecule has 1 aliphatic rings. The smallest absolute Gasteiger partial charge is 0.336 e. The second kappa shape index (κ2) is 7.92. The first kappa shape index (κ1) is 22.1. The highest BCUT2D eigenvalue weighted by Crippen LogP contribution is 2.33. The molecule has 0 aliphatic carbocycles. The molecule has 3 amide bonds. The fourth-order valence-electron chi connectivity index (χ4n) is 3.06. The maximum atomic E-state index is 13.1. The van der Waals surface area contributed by atoms with Crippen molar-refractivity contribution in [3.8, 4) is 6.07 Å². The number of carbonyl (C=O) groups is 2. The number of hydrogen-bond donors (Lipinski definition) is 2. The van der Waals surface area contributed by atoms with Crippen LogP contribution in [-0.2, 0) is 16.2 Å². The molecule has 8 nitrogen and oxygen atoms in total. The lowest BCUT2D eigenvalue weighted by molar-refractivity contribution is -0.137. The Morgan fingerprint density at radius 1 is 1.23 bits per heavy atom. The molecule has 31 heavy (non-hydrogen) atoms. The SMILES string of the molecule is Cc1cc(C(=O)NS(=O)(=O)c2ccc(C#N)c(C(F)(F)F)c2)ccc1N1CCNC1=O. The summed E-state index contributed by atoms with van der Waals surface area (Å²) >= 11 is 0. The summed E-state index contributed by atoms with van der Waals surface area (Å²) < 4.78 is 65.9. The van der Waals surface area contributed by atoms with E-state index in [0.29, 0.717) is 30.4 Å². The van der Waals surface area contributed by atoms with Crippen LogP contribution >= 0.6 is 0 Å². The number of anilines is 1. The molecule has 0 unspecified atom stereocenters. The van der Waals surface area contributed by atoms with Crippen LogP contribution in [0.1, 0.15) is 27.0 Å². The molecule has 0 radical (unpaired) electrons. The molecule has 2 aromatic carbocycles. The van der Waals surface area contributed by atoms with Crippen LogP contribution in [0.5, 0.6) is 0 Å². The number of nitrogens with zero attached hydrogens (tertiary/aromatic N) is 2. The van der Waals surface area contributed by atoms with Crippen molar-refractivity contribution in [2.24, 2.45) is 0 Å². The number of halogens is 3. The minimum absolute atomic E-state index is 0.0610. The summed E-state index contributed by atoms with van der Waals surface area (Å²) in [6.45, 7) is 2.52. The van der Waals surface area contributed by atoms with Gasteiger partial charge in [-0.1, -0.05) is 0 Å². The summed E-state index contributed by atoms with van der Waals surface area (Å²) in [4.78, 5) is 24.9. The van der Waals surface area contributed by atoms with Crippen LogP contribution in [0, 0.1) is 18.3 Å². The van der Waals surface area contributed by atoms with Crippen molar-refractivity contribution < 1.29 is 31.2 Å². The number of aryl methyl sites for hydroxylation is 1. The Bertz CT molecular complexity index is 1220. The first-order chi connectivity index (χ1) is 14.4. The molecule has 0 bridgehead atoms. The van der Waals surface area contributed by atoms with Gasteiger partial charge in [-0.3, -0.25) is 9.69 Å². The highest BCUT2D eigenvalue weighted by Gasteiger charge is 2.35. The van der Waals surface area contributed by atoms with Gasteiger partial charge in [-0.05, 0) is 48.9 Å². The van der Waals surface area contributed by atoms with E-state index in [1.807, 2.05) is 0 Å². The average molecular weight is 452 g/mol. The number of sulfonamides is 1. The van der Waals surface area contributed by atoms with Gasteiger partial charge in [0, 0.05) is 24.3 Å². The molecule has 3 rings (SSSR count). The Kier molecular flexibility index (Phi) is 5.64.